The van der Waals surface area contributed by atoms with Gasteiger partial charge in [-0.25, -0.2) is 0 Å². The summed E-state index contributed by atoms with van der Waals surface area (Å²) >= 11 is 1.35. The number of amides is 1. The zero-order valence-corrected chi connectivity index (χ0v) is 11.2. The third-order valence-electron chi connectivity index (χ3n) is 2.68. The number of rotatable bonds is 3. The summed E-state index contributed by atoms with van der Waals surface area (Å²) in [5.74, 6) is 0.538. The molecule has 3 rings (SSSR count). The van der Waals surface area contributed by atoms with Crippen LogP contribution in [0.5, 0.6) is 0 Å². The van der Waals surface area contributed by atoms with Gasteiger partial charge in [-0.05, 0) is 17.7 Å². The second kappa shape index (κ2) is 5.75. The minimum Gasteiger partial charge on any atom is -0.463 e. The summed E-state index contributed by atoms with van der Waals surface area (Å²) in [4.78, 5) is 11.9. The highest BCUT2D eigenvalue weighted by atomic mass is 32.2. The molecule has 1 N–H and O–H groups in total. The summed E-state index contributed by atoms with van der Waals surface area (Å²) in [6.07, 6.45) is 3.06. The van der Waals surface area contributed by atoms with Crippen molar-refractivity contribution in [2.45, 2.75) is 5.25 Å². The van der Waals surface area contributed by atoms with Crippen LogP contribution in [0.3, 0.4) is 0 Å². The van der Waals surface area contributed by atoms with E-state index in [1.807, 2.05) is 30.3 Å². The van der Waals surface area contributed by atoms with E-state index >= 15 is 0 Å². The molecular weight excluding hydrogens is 274 g/mol. The third kappa shape index (κ3) is 2.80. The number of carbonyl (C=O) groups excluding carboxylic acids is 1. The molecule has 0 radical (unpaired) electrons. The van der Waals surface area contributed by atoms with Crippen molar-refractivity contribution in [1.82, 2.24) is 5.32 Å². The second-order valence-corrected chi connectivity index (χ2v) is 5.16. The molecule has 2 aromatic rings. The minimum absolute atomic E-state index is 0.0758. The third-order valence-corrected chi connectivity index (χ3v) is 3.81. The number of furan rings is 1. The number of hydrogen-bond acceptors (Lipinski definition) is 5. The van der Waals surface area contributed by atoms with Gasteiger partial charge >= 0.3 is 0 Å². The fraction of sp³-hybridized carbons (Fsp3) is 0.0714. The number of carbonyl (C=O) groups is 1. The first kappa shape index (κ1) is 12.7. The quantitative estimate of drug-likeness (QED) is 0.696. The summed E-state index contributed by atoms with van der Waals surface area (Å²) in [5, 5.41) is 10.8. The monoisotopic (exact) mass is 285 g/mol. The van der Waals surface area contributed by atoms with Crippen LogP contribution in [-0.2, 0) is 4.79 Å². The minimum atomic E-state index is -0.270. The van der Waals surface area contributed by atoms with Gasteiger partial charge in [-0.2, -0.15) is 5.10 Å². The lowest BCUT2D eigenvalue weighted by atomic mass is 10.1. The van der Waals surface area contributed by atoms with E-state index in [0.29, 0.717) is 10.9 Å². The summed E-state index contributed by atoms with van der Waals surface area (Å²) in [7, 11) is 0. The smallest absolute Gasteiger partial charge is 0.244 e. The van der Waals surface area contributed by atoms with Crippen molar-refractivity contribution in [3.63, 3.8) is 0 Å². The lowest BCUT2D eigenvalue weighted by Crippen LogP contribution is -2.21. The van der Waals surface area contributed by atoms with E-state index in [0.717, 1.165) is 5.56 Å². The second-order valence-electron chi connectivity index (χ2n) is 4.06. The predicted molar refractivity (Wildman–Crippen MR) is 78.7 cm³/mol. The topological polar surface area (TPSA) is 67.0 Å². The van der Waals surface area contributed by atoms with Crippen molar-refractivity contribution in [3.05, 3.63) is 60.1 Å². The average molecular weight is 285 g/mol. The molecule has 0 saturated carbocycles. The number of benzene rings is 1. The molecule has 2 heterocycles. The molecule has 1 aromatic heterocycles. The largest absolute Gasteiger partial charge is 0.463 e. The first-order valence-corrected chi connectivity index (χ1v) is 6.88. The molecule has 1 aliphatic heterocycles. The van der Waals surface area contributed by atoms with Gasteiger partial charge in [-0.15, -0.1) is 5.10 Å². The van der Waals surface area contributed by atoms with Crippen LogP contribution in [0.4, 0.5) is 0 Å². The predicted octanol–water partition coefficient (Wildman–Crippen LogP) is 2.57. The maximum atomic E-state index is 11.9. The van der Waals surface area contributed by atoms with Crippen molar-refractivity contribution in [1.29, 1.82) is 0 Å². The fourth-order valence-corrected chi connectivity index (χ4v) is 2.70. The van der Waals surface area contributed by atoms with Crippen molar-refractivity contribution in [3.8, 4) is 0 Å². The molecule has 0 aliphatic carbocycles. The van der Waals surface area contributed by atoms with Crippen molar-refractivity contribution >= 4 is 29.1 Å². The molecule has 0 bridgehead atoms. The van der Waals surface area contributed by atoms with Gasteiger partial charge in [-0.3, -0.25) is 4.79 Å². The Bertz CT molecular complexity index is 650. The number of amidine groups is 1. The van der Waals surface area contributed by atoms with Crippen LogP contribution in [0.15, 0.2) is 63.3 Å². The highest BCUT2D eigenvalue weighted by Crippen LogP contribution is 2.34. The SMILES string of the molecule is O=C1N/C(=N/N=C/c2ccco2)SC1c1ccccc1. The zero-order valence-electron chi connectivity index (χ0n) is 10.4. The van der Waals surface area contributed by atoms with Gasteiger partial charge in [0.2, 0.25) is 5.91 Å². The van der Waals surface area contributed by atoms with Gasteiger partial charge in [0.25, 0.3) is 0 Å². The van der Waals surface area contributed by atoms with Gasteiger partial charge in [0.05, 0.1) is 12.5 Å². The first-order chi connectivity index (χ1) is 9.83. The van der Waals surface area contributed by atoms with Gasteiger partial charge in [-0.1, -0.05) is 42.1 Å². The van der Waals surface area contributed by atoms with Crippen molar-refractivity contribution in [2.75, 3.05) is 0 Å². The molecule has 1 amide bonds. The molecule has 6 heteroatoms. The van der Waals surface area contributed by atoms with Gasteiger partial charge in [0, 0.05) is 0 Å². The number of nitrogens with zero attached hydrogens (tertiary/aromatic N) is 2. The molecule has 1 unspecified atom stereocenters. The Morgan fingerprint density at radius 1 is 1.20 bits per heavy atom. The summed E-state index contributed by atoms with van der Waals surface area (Å²) in [5.41, 5.74) is 0.954. The van der Waals surface area contributed by atoms with E-state index < -0.39 is 0 Å². The van der Waals surface area contributed by atoms with Gasteiger partial charge in [0.1, 0.15) is 11.0 Å². The Morgan fingerprint density at radius 2 is 2.05 bits per heavy atom. The van der Waals surface area contributed by atoms with E-state index in [2.05, 4.69) is 15.5 Å². The van der Waals surface area contributed by atoms with E-state index in [1.165, 1.54) is 18.0 Å². The maximum absolute atomic E-state index is 11.9. The molecule has 100 valence electrons. The molecule has 1 fully saturated rings. The maximum Gasteiger partial charge on any atom is 0.244 e. The normalized spacial score (nSPS) is 20.7. The highest BCUT2D eigenvalue weighted by molar-refractivity contribution is 8.15. The summed E-state index contributed by atoms with van der Waals surface area (Å²) < 4.78 is 5.10. The van der Waals surface area contributed by atoms with Crippen LogP contribution < -0.4 is 5.32 Å². The number of nitrogens with one attached hydrogen (secondary N) is 1. The van der Waals surface area contributed by atoms with Crippen LogP contribution >= 0.6 is 11.8 Å². The Morgan fingerprint density at radius 3 is 2.80 bits per heavy atom. The van der Waals surface area contributed by atoms with Gasteiger partial charge < -0.3 is 9.73 Å². The molecule has 5 nitrogen and oxygen atoms in total. The Hall–Kier alpha value is -2.34. The zero-order chi connectivity index (χ0) is 13.8. The summed E-state index contributed by atoms with van der Waals surface area (Å²) in [6, 6.07) is 13.1. The number of hydrogen-bond donors (Lipinski definition) is 1. The average Bonchev–Trinajstić information content (AvgIpc) is 3.10. The van der Waals surface area contributed by atoms with E-state index in [1.54, 1.807) is 18.4 Å². The van der Waals surface area contributed by atoms with Crippen LogP contribution in [0.1, 0.15) is 16.6 Å². The van der Waals surface area contributed by atoms with Crippen LogP contribution in [0.2, 0.25) is 0 Å². The van der Waals surface area contributed by atoms with Crippen LogP contribution in [0.25, 0.3) is 0 Å². The Labute approximate surface area is 119 Å². The van der Waals surface area contributed by atoms with Crippen LogP contribution in [0, 0.1) is 0 Å². The summed E-state index contributed by atoms with van der Waals surface area (Å²) in [6.45, 7) is 0. The van der Waals surface area contributed by atoms with E-state index in [4.69, 9.17) is 4.42 Å². The van der Waals surface area contributed by atoms with E-state index in [-0.39, 0.29) is 11.2 Å². The molecule has 1 aliphatic rings. The Balaban J connectivity index is 1.70. The van der Waals surface area contributed by atoms with E-state index in [9.17, 15) is 4.79 Å². The first-order valence-electron chi connectivity index (χ1n) is 6.00. The number of thioether (sulfide) groups is 1. The molecular formula is C14H11N3O2S. The molecule has 1 saturated heterocycles. The molecule has 1 aromatic carbocycles. The molecule has 20 heavy (non-hydrogen) atoms. The fourth-order valence-electron chi connectivity index (χ4n) is 1.76. The molecule has 1 atom stereocenters. The van der Waals surface area contributed by atoms with Crippen molar-refractivity contribution in [2.24, 2.45) is 10.2 Å². The lowest BCUT2D eigenvalue weighted by Gasteiger charge is -2.03. The Kier molecular flexibility index (Phi) is 3.64. The van der Waals surface area contributed by atoms with Crippen LogP contribution in [-0.4, -0.2) is 17.3 Å². The standard InChI is InChI=1S/C14H11N3O2S/c18-13-12(10-5-2-1-3-6-10)20-14(16-13)17-15-9-11-7-4-8-19-11/h1-9,12H,(H,16,17,18)/b15-9+. The highest BCUT2D eigenvalue weighted by Gasteiger charge is 2.31. The van der Waals surface area contributed by atoms with Gasteiger partial charge in [0.15, 0.2) is 5.17 Å². The van der Waals surface area contributed by atoms with Crippen molar-refractivity contribution < 1.29 is 9.21 Å². The lowest BCUT2D eigenvalue weighted by molar-refractivity contribution is -0.118. The molecule has 0 spiro atoms.